The van der Waals surface area contributed by atoms with E-state index in [1.807, 2.05) is 0 Å². The maximum Gasteiger partial charge on any atom is 0.412 e. The van der Waals surface area contributed by atoms with Gasteiger partial charge in [-0.05, 0) is 44.5 Å². The lowest BCUT2D eigenvalue weighted by molar-refractivity contribution is 0.0634. The van der Waals surface area contributed by atoms with Crippen LogP contribution < -0.4 is 5.32 Å². The molecule has 27 heavy (non-hydrogen) atoms. The van der Waals surface area contributed by atoms with Gasteiger partial charge in [0.2, 0.25) is 0 Å². The van der Waals surface area contributed by atoms with Gasteiger partial charge < -0.3 is 4.74 Å². The fourth-order valence-corrected chi connectivity index (χ4v) is 2.50. The topological polar surface area (TPSA) is 55.4 Å². The monoisotopic (exact) mass is 399 g/mol. The summed E-state index contributed by atoms with van der Waals surface area (Å²) in [6.45, 7) is 4.91. The summed E-state index contributed by atoms with van der Waals surface area (Å²) in [5.74, 6) is -3.61. The summed E-state index contributed by atoms with van der Waals surface area (Å²) in [5.41, 5.74) is -1.72. The zero-order valence-electron chi connectivity index (χ0n) is 14.8. The molecule has 0 aliphatic heterocycles. The molecule has 2 aromatic rings. The van der Waals surface area contributed by atoms with Gasteiger partial charge in [-0.2, -0.15) is 0 Å². The fraction of sp³-hybridized carbons (Fsp3) is 0.263. The Morgan fingerprint density at radius 2 is 1.78 bits per heavy atom. The molecule has 0 fully saturated rings. The van der Waals surface area contributed by atoms with Crippen molar-refractivity contribution in [1.29, 1.82) is 0 Å². The molecular weight excluding hydrogens is 383 g/mol. The molecule has 1 amide bonds. The summed E-state index contributed by atoms with van der Waals surface area (Å²) < 4.78 is 46.5. The fourth-order valence-electron chi connectivity index (χ4n) is 2.24. The van der Waals surface area contributed by atoms with E-state index in [0.29, 0.717) is 6.07 Å². The van der Waals surface area contributed by atoms with Gasteiger partial charge in [-0.25, -0.2) is 18.0 Å². The van der Waals surface area contributed by atoms with Gasteiger partial charge in [-0.1, -0.05) is 17.7 Å². The second-order valence-corrected chi connectivity index (χ2v) is 7.15. The smallest absolute Gasteiger partial charge is 0.412 e. The first-order valence-electron chi connectivity index (χ1n) is 7.93. The van der Waals surface area contributed by atoms with Crippen LogP contribution in [0.1, 0.15) is 36.7 Å². The van der Waals surface area contributed by atoms with E-state index in [1.165, 1.54) is 12.1 Å². The van der Waals surface area contributed by atoms with Gasteiger partial charge in [-0.3, -0.25) is 10.1 Å². The molecule has 2 rings (SSSR count). The summed E-state index contributed by atoms with van der Waals surface area (Å²) in [4.78, 5) is 24.2. The average molecular weight is 400 g/mol. The zero-order valence-corrected chi connectivity index (χ0v) is 15.6. The molecule has 1 N–H and O–H groups in total. The van der Waals surface area contributed by atoms with Crippen LogP contribution in [0.25, 0.3) is 0 Å². The van der Waals surface area contributed by atoms with Gasteiger partial charge in [-0.15, -0.1) is 0 Å². The molecule has 2 aromatic carbocycles. The van der Waals surface area contributed by atoms with E-state index in [9.17, 15) is 22.8 Å². The minimum Gasteiger partial charge on any atom is -0.444 e. The highest BCUT2D eigenvalue weighted by molar-refractivity contribution is 6.34. The summed E-state index contributed by atoms with van der Waals surface area (Å²) in [6, 6.07) is 5.12. The predicted octanol–water partition coefficient (Wildman–Crippen LogP) is 5.53. The molecule has 0 aromatic heterocycles. The largest absolute Gasteiger partial charge is 0.444 e. The quantitative estimate of drug-likeness (QED) is 0.688. The number of halogens is 4. The second-order valence-electron chi connectivity index (χ2n) is 6.75. The van der Waals surface area contributed by atoms with Crippen molar-refractivity contribution in [2.24, 2.45) is 0 Å². The number of hydrogen-bond donors (Lipinski definition) is 1. The summed E-state index contributed by atoms with van der Waals surface area (Å²) in [6.07, 6.45) is -1.44. The molecule has 0 saturated heterocycles. The number of hydrogen-bond acceptors (Lipinski definition) is 3. The van der Waals surface area contributed by atoms with Crippen LogP contribution in [0.4, 0.5) is 23.7 Å². The molecule has 0 heterocycles. The SMILES string of the molecule is CC(C)(C)OC(=O)Nc1ccc(Cl)c(C(=O)Cc2ccc(F)cc2F)c1F. The second kappa shape index (κ2) is 8.00. The van der Waals surface area contributed by atoms with Crippen molar-refractivity contribution < 1.29 is 27.5 Å². The summed E-state index contributed by atoms with van der Waals surface area (Å²) >= 11 is 5.91. The lowest BCUT2D eigenvalue weighted by Crippen LogP contribution is -2.27. The maximum atomic E-state index is 14.7. The number of carbonyl (C=O) groups excluding carboxylic acids is 2. The number of ether oxygens (including phenoxy) is 1. The van der Waals surface area contributed by atoms with E-state index < -0.39 is 46.9 Å². The summed E-state index contributed by atoms with van der Waals surface area (Å²) in [5, 5.41) is 2.00. The molecule has 144 valence electrons. The van der Waals surface area contributed by atoms with Crippen LogP contribution in [0.2, 0.25) is 5.02 Å². The van der Waals surface area contributed by atoms with E-state index >= 15 is 0 Å². The first-order valence-corrected chi connectivity index (χ1v) is 8.31. The maximum absolute atomic E-state index is 14.7. The minimum atomic E-state index is -1.07. The zero-order chi connectivity index (χ0) is 20.4. The van der Waals surface area contributed by atoms with Crippen molar-refractivity contribution in [1.82, 2.24) is 0 Å². The Balaban J connectivity index is 2.28. The van der Waals surface area contributed by atoms with Crippen LogP contribution in [0.5, 0.6) is 0 Å². The van der Waals surface area contributed by atoms with Gasteiger partial charge in [0.05, 0.1) is 16.3 Å². The molecule has 8 heteroatoms. The van der Waals surface area contributed by atoms with Gasteiger partial charge in [0.1, 0.15) is 17.2 Å². The van der Waals surface area contributed by atoms with Crippen molar-refractivity contribution >= 4 is 29.2 Å². The molecule has 0 aliphatic rings. The molecule has 0 saturated carbocycles. The number of Topliss-reactive ketones (excluding diaryl/α,β-unsaturated/α-hetero) is 1. The number of ketones is 1. The third-order valence-electron chi connectivity index (χ3n) is 3.37. The summed E-state index contributed by atoms with van der Waals surface area (Å²) in [7, 11) is 0. The Labute approximate surface area is 159 Å². The lowest BCUT2D eigenvalue weighted by Gasteiger charge is -2.20. The van der Waals surface area contributed by atoms with Crippen LogP contribution in [-0.4, -0.2) is 17.5 Å². The number of anilines is 1. The Morgan fingerprint density at radius 3 is 2.37 bits per heavy atom. The van der Waals surface area contributed by atoms with Crippen molar-refractivity contribution in [2.75, 3.05) is 5.32 Å². The van der Waals surface area contributed by atoms with Crippen molar-refractivity contribution in [3.05, 3.63) is 63.9 Å². The highest BCUT2D eigenvalue weighted by atomic mass is 35.5. The van der Waals surface area contributed by atoms with E-state index in [-0.39, 0.29) is 16.3 Å². The molecule has 0 spiro atoms. The van der Waals surface area contributed by atoms with Crippen LogP contribution in [-0.2, 0) is 11.2 Å². The standard InChI is InChI=1S/C19H17ClF3NO3/c1-19(2,3)27-18(26)24-14-7-6-12(20)16(17(14)23)15(25)8-10-4-5-11(21)9-13(10)22/h4-7,9H,8H2,1-3H3,(H,24,26). The van der Waals surface area contributed by atoms with Crippen LogP contribution in [0.15, 0.2) is 30.3 Å². The van der Waals surface area contributed by atoms with E-state index in [2.05, 4.69) is 5.32 Å². The van der Waals surface area contributed by atoms with Crippen molar-refractivity contribution in [3.63, 3.8) is 0 Å². The van der Waals surface area contributed by atoms with Gasteiger partial charge in [0.15, 0.2) is 11.6 Å². The lowest BCUT2D eigenvalue weighted by atomic mass is 10.0. The molecule has 0 unspecified atom stereocenters. The highest BCUT2D eigenvalue weighted by Gasteiger charge is 2.23. The first kappa shape index (κ1) is 20.8. The molecular formula is C19H17ClF3NO3. The Bertz CT molecular complexity index is 894. The third kappa shape index (κ3) is 5.47. The third-order valence-corrected chi connectivity index (χ3v) is 3.69. The predicted molar refractivity (Wildman–Crippen MR) is 95.7 cm³/mol. The van der Waals surface area contributed by atoms with Crippen LogP contribution >= 0.6 is 11.6 Å². The van der Waals surface area contributed by atoms with E-state index in [4.69, 9.17) is 16.3 Å². The minimum absolute atomic E-state index is 0.109. The van der Waals surface area contributed by atoms with Crippen molar-refractivity contribution in [3.8, 4) is 0 Å². The number of benzene rings is 2. The van der Waals surface area contributed by atoms with Crippen LogP contribution in [0, 0.1) is 17.5 Å². The number of nitrogens with one attached hydrogen (secondary N) is 1. The number of amides is 1. The average Bonchev–Trinajstić information content (AvgIpc) is 2.51. The molecule has 0 aliphatic carbocycles. The van der Waals surface area contributed by atoms with Gasteiger partial charge in [0, 0.05) is 12.5 Å². The molecule has 0 bridgehead atoms. The van der Waals surface area contributed by atoms with E-state index in [0.717, 1.165) is 12.1 Å². The number of rotatable bonds is 4. The Morgan fingerprint density at radius 1 is 1.11 bits per heavy atom. The van der Waals surface area contributed by atoms with E-state index in [1.54, 1.807) is 20.8 Å². The normalized spacial score (nSPS) is 11.2. The van der Waals surface area contributed by atoms with Gasteiger partial charge >= 0.3 is 6.09 Å². The Kier molecular flexibility index (Phi) is 6.15. The Hall–Kier alpha value is -2.54. The van der Waals surface area contributed by atoms with Gasteiger partial charge in [0.25, 0.3) is 0 Å². The first-order chi connectivity index (χ1) is 12.5. The molecule has 0 atom stereocenters. The van der Waals surface area contributed by atoms with Crippen LogP contribution in [0.3, 0.4) is 0 Å². The molecule has 0 radical (unpaired) electrons. The highest BCUT2D eigenvalue weighted by Crippen LogP contribution is 2.28. The number of carbonyl (C=O) groups is 2. The molecule has 4 nitrogen and oxygen atoms in total. The van der Waals surface area contributed by atoms with Crippen molar-refractivity contribution in [2.45, 2.75) is 32.8 Å².